The lowest BCUT2D eigenvalue weighted by Crippen LogP contribution is -2.37. The predicted molar refractivity (Wildman–Crippen MR) is 287 cm³/mol. The first kappa shape index (κ1) is 25.4. The third-order valence-electron chi connectivity index (χ3n) is 10.4. The van der Waals surface area contributed by atoms with Gasteiger partial charge in [0.25, 0.3) is 0 Å². The van der Waals surface area contributed by atoms with Gasteiger partial charge in [-0.05, 0) is 92.6 Å². The smallest absolute Gasteiger partial charge is 0.0775 e. The maximum atomic E-state index is 8.53. The van der Waals surface area contributed by atoms with Gasteiger partial charge < -0.3 is 16.0 Å². The van der Waals surface area contributed by atoms with Crippen LogP contribution in [-0.2, 0) is 0 Å². The molecule has 11 aromatic rings. The Kier molecular flexibility index (Phi) is 7.67. The van der Waals surface area contributed by atoms with Crippen LogP contribution in [-0.4, -0.2) is 8.07 Å². The molecule has 11 rings (SSSR count). The molecule has 0 saturated carbocycles. The number of fused-ring (bicyclic) bond motifs is 4. The third kappa shape index (κ3) is 10.5. The molecule has 0 atom stereocenters. The number of hydrogen-bond acceptors (Lipinski definition) is 3. The Hall–Kier alpha value is -7.92. The van der Waals surface area contributed by atoms with E-state index in [0.717, 1.165) is 32.9 Å². The van der Waals surface area contributed by atoms with Crippen molar-refractivity contribution in [3.8, 4) is 11.1 Å². The average Bonchev–Trinajstić information content (AvgIpc) is 0.929. The zero-order chi connectivity index (χ0) is 61.0. The van der Waals surface area contributed by atoms with Crippen LogP contribution in [0.15, 0.2) is 248 Å². The lowest BCUT2D eigenvalue weighted by Gasteiger charge is -2.17. The summed E-state index contributed by atoms with van der Waals surface area (Å²) in [5.41, 5.74) is 4.09. The minimum Gasteiger partial charge on any atom is -0.355 e. The highest BCUT2D eigenvalue weighted by atomic mass is 28.3. The first-order chi connectivity index (χ1) is 39.7. The van der Waals surface area contributed by atoms with Crippen LogP contribution in [0.4, 0.5) is 34.1 Å². The van der Waals surface area contributed by atoms with E-state index in [-0.39, 0.29) is 123 Å². The van der Waals surface area contributed by atoms with Crippen LogP contribution in [0.25, 0.3) is 54.2 Å². The van der Waals surface area contributed by atoms with Gasteiger partial charge in [-0.15, -0.1) is 0 Å². The molecule has 0 radical (unpaired) electrons. The second-order valence-corrected chi connectivity index (χ2v) is 20.9. The van der Waals surface area contributed by atoms with Crippen molar-refractivity contribution in [3.63, 3.8) is 0 Å². The molecule has 3 N–H and O–H groups in total. The summed E-state index contributed by atoms with van der Waals surface area (Å²) in [5.74, 6) is 0. The molecule has 11 aromatic carbocycles. The number of nitrogens with one attached hydrogen (secondary N) is 3. The zero-order valence-electron chi connectivity index (χ0n) is 54.7. The van der Waals surface area contributed by atoms with E-state index in [1.54, 1.807) is 18.2 Å². The maximum Gasteiger partial charge on any atom is 0.0775 e. The van der Waals surface area contributed by atoms with Crippen molar-refractivity contribution in [2.45, 2.75) is 19.6 Å². The highest BCUT2D eigenvalue weighted by molar-refractivity contribution is 6.88. The van der Waals surface area contributed by atoms with E-state index < -0.39 is 38.3 Å². The van der Waals surface area contributed by atoms with Gasteiger partial charge in [-0.3, -0.25) is 0 Å². The molecular weight excluding hydrogens is 803 g/mol. The SMILES string of the molecule is [2H]c1c([2H])c([2H])c(-c2ccc(Nc3cccc4ccccc34)cc2)c([2H])c1[2H].[2H]c1c([2H])c([2H])c2c(Nc3ccc([Si](C)(C)C)cc3)c([2H])c([2H])c([2H])c2c1[2H].[2H]c1c([2H])c([2H])c2c([2H])c(Nc3cccc4ccccc34)c([2H])c([2H])c2c1[2H]. The average molecular weight is 875 g/mol. The van der Waals surface area contributed by atoms with Crippen LogP contribution in [0.5, 0.6) is 0 Å². The van der Waals surface area contributed by atoms with E-state index in [1.807, 2.05) is 97.1 Å². The van der Waals surface area contributed by atoms with E-state index >= 15 is 0 Å². The van der Waals surface area contributed by atoms with Crippen LogP contribution in [0.1, 0.15) is 26.0 Å². The molecule has 0 fully saturated rings. The minimum absolute atomic E-state index is 0.0406. The largest absolute Gasteiger partial charge is 0.355 e. The Morgan fingerprint density at radius 1 is 0.323 bits per heavy atom. The summed E-state index contributed by atoms with van der Waals surface area (Å²) in [5, 5.41) is 14.7. The van der Waals surface area contributed by atoms with E-state index in [1.165, 1.54) is 5.19 Å². The number of rotatable bonds is 8. The molecule has 3 nitrogen and oxygen atoms in total. The molecule has 65 heavy (non-hydrogen) atoms. The zero-order valence-corrected chi connectivity index (χ0v) is 36.7. The molecular formula is C61H53N3Si. The standard InChI is InChI=1S/C22H17N.C20H15N.C19H21NSi/c1-2-7-17(8-3-1)18-13-15-20(16-14-18)23-22-12-6-10-19-9-4-5-11-21(19)22;1-2-8-17-14-18(13-12-15(17)6-1)21-20-11-5-9-16-7-3-4-10-19(16)20;1-21(2,3)17-13-11-16(12-14-17)20-19-10-6-8-15-7-4-5-9-18(15)19/h1-16,23H;1-14,21H;4-14,20H,1-3H3/i1D,2D,3D,7D,8D;1D,2D,6D,8D,12D,13D,14D;4D,5D,6D,7D,8D,9D,10D. The molecule has 0 saturated heterocycles. The van der Waals surface area contributed by atoms with Crippen LogP contribution in [0, 0.1) is 0 Å². The molecule has 0 aliphatic heterocycles. The van der Waals surface area contributed by atoms with Crippen molar-refractivity contribution in [2.24, 2.45) is 0 Å². The van der Waals surface area contributed by atoms with Crippen LogP contribution < -0.4 is 21.1 Å². The molecule has 0 amide bonds. The monoisotopic (exact) mass is 875 g/mol. The molecule has 0 aliphatic rings. The lowest BCUT2D eigenvalue weighted by atomic mass is 10.1. The molecule has 4 heteroatoms. The second-order valence-electron chi connectivity index (χ2n) is 15.8. The summed E-state index contributed by atoms with van der Waals surface area (Å²) in [6, 6.07) is 35.8. The van der Waals surface area contributed by atoms with E-state index in [0.29, 0.717) is 16.9 Å². The molecule has 0 aromatic heterocycles. The predicted octanol–water partition coefficient (Wildman–Crippen LogP) is 17.1. The number of anilines is 6. The van der Waals surface area contributed by atoms with E-state index in [2.05, 4.69) is 53.8 Å². The van der Waals surface area contributed by atoms with Gasteiger partial charge in [0.2, 0.25) is 0 Å². The molecule has 0 spiro atoms. The topological polar surface area (TPSA) is 36.1 Å². The van der Waals surface area contributed by atoms with Crippen molar-refractivity contribution in [2.75, 3.05) is 16.0 Å². The molecule has 0 unspecified atom stereocenters. The van der Waals surface area contributed by atoms with Gasteiger partial charge in [0.05, 0.1) is 34.1 Å². The van der Waals surface area contributed by atoms with Gasteiger partial charge in [-0.2, -0.15) is 0 Å². The van der Waals surface area contributed by atoms with Crippen molar-refractivity contribution in [1.82, 2.24) is 0 Å². The van der Waals surface area contributed by atoms with Gasteiger partial charge in [-0.1, -0.05) is 219 Å². The number of benzene rings is 11. The fourth-order valence-corrected chi connectivity index (χ4v) is 8.19. The van der Waals surface area contributed by atoms with Crippen LogP contribution >= 0.6 is 0 Å². The fraction of sp³-hybridized carbons (Fsp3) is 0.0492. The Morgan fingerprint density at radius 3 is 1.48 bits per heavy atom. The van der Waals surface area contributed by atoms with E-state index in [9.17, 15) is 0 Å². The molecule has 0 bridgehead atoms. The Labute approximate surface area is 410 Å². The van der Waals surface area contributed by atoms with Crippen molar-refractivity contribution < 1.29 is 26.0 Å². The second kappa shape index (κ2) is 19.6. The van der Waals surface area contributed by atoms with Crippen LogP contribution in [0.3, 0.4) is 0 Å². The highest BCUT2D eigenvalue weighted by Gasteiger charge is 2.15. The molecule has 316 valence electrons. The summed E-state index contributed by atoms with van der Waals surface area (Å²) in [6.45, 7) is 6.71. The Morgan fingerprint density at radius 2 is 0.831 bits per heavy atom. The quantitative estimate of drug-likeness (QED) is 0.133. The van der Waals surface area contributed by atoms with Gasteiger partial charge >= 0.3 is 0 Å². The van der Waals surface area contributed by atoms with Gasteiger partial charge in [-0.25, -0.2) is 0 Å². The Bertz CT molecular complexity index is 4390. The van der Waals surface area contributed by atoms with E-state index in [4.69, 9.17) is 26.0 Å². The first-order valence-electron chi connectivity index (χ1n) is 30.3. The summed E-state index contributed by atoms with van der Waals surface area (Å²) in [6.07, 6.45) is 0. The number of hydrogen-bond donors (Lipinski definition) is 3. The maximum absolute atomic E-state index is 8.53. The summed E-state index contributed by atoms with van der Waals surface area (Å²) < 4.78 is 153. The van der Waals surface area contributed by atoms with Crippen molar-refractivity contribution >= 4 is 90.5 Å². The first-order valence-corrected chi connectivity index (χ1v) is 24.3. The van der Waals surface area contributed by atoms with Crippen molar-refractivity contribution in [3.05, 3.63) is 248 Å². The highest BCUT2D eigenvalue weighted by Crippen LogP contribution is 2.30. The van der Waals surface area contributed by atoms with Gasteiger partial charge in [0.15, 0.2) is 0 Å². The van der Waals surface area contributed by atoms with Crippen LogP contribution in [0.2, 0.25) is 19.6 Å². The molecule has 0 aliphatic carbocycles. The van der Waals surface area contributed by atoms with Gasteiger partial charge in [0, 0.05) is 50.3 Å². The normalized spacial score (nSPS) is 15.1. The third-order valence-corrected chi connectivity index (χ3v) is 12.4. The summed E-state index contributed by atoms with van der Waals surface area (Å²) >= 11 is 0. The summed E-state index contributed by atoms with van der Waals surface area (Å²) in [7, 11) is -1.47. The Balaban J connectivity index is 0.000000151. The van der Waals surface area contributed by atoms with Gasteiger partial charge in [0.1, 0.15) is 0 Å². The van der Waals surface area contributed by atoms with Crippen molar-refractivity contribution in [1.29, 1.82) is 0 Å². The fourth-order valence-electron chi connectivity index (χ4n) is 7.02. The minimum atomic E-state index is -1.47. The molecule has 0 heterocycles. The lowest BCUT2D eigenvalue weighted by molar-refractivity contribution is 1.56. The summed E-state index contributed by atoms with van der Waals surface area (Å²) in [4.78, 5) is 0.